The van der Waals surface area contributed by atoms with Crippen LogP contribution in [0, 0.1) is 62.3 Å². The molecule has 7 N–H and O–H groups in total. The van der Waals surface area contributed by atoms with Gasteiger partial charge in [-0.2, -0.15) is 0 Å². The second-order valence-electron chi connectivity index (χ2n) is 28.3. The number of phenolic OH excluding ortho intramolecular Hbond substituents is 7. The Morgan fingerprint density at radius 2 is 0.548 bits per heavy atom. The third-order valence-corrected chi connectivity index (χ3v) is 19.6. The Kier molecular flexibility index (Phi) is 32.4. The maximum absolute atomic E-state index is 13.0. The molecule has 0 amide bonds. The van der Waals surface area contributed by atoms with Crippen molar-refractivity contribution in [3.8, 4) is 86.2 Å². The molecule has 0 heterocycles. The number of carbonyl (C=O) groups is 6. The fraction of sp³-hybridized carbons (Fsp3) is 0.298. The van der Waals surface area contributed by atoms with E-state index in [1.54, 1.807) is 115 Å². The Morgan fingerprint density at radius 3 is 0.843 bits per heavy atom. The topological polar surface area (TPSA) is 318 Å². The highest BCUT2D eigenvalue weighted by atomic mass is 16.5. The molecule has 0 spiro atoms. The van der Waals surface area contributed by atoms with Crippen molar-refractivity contribution in [3.63, 3.8) is 0 Å². The number of aryl methyl sites for hydroxylation is 10. The predicted molar refractivity (Wildman–Crippen MR) is 447 cm³/mol. The Morgan fingerprint density at radius 1 is 0.304 bits per heavy atom. The number of hydrogen-bond acceptors (Lipinski definition) is 21. The lowest BCUT2D eigenvalue weighted by atomic mass is 9.86. The summed E-state index contributed by atoms with van der Waals surface area (Å²) in [5.74, 6) is 3.25. The molecular formula is C94H104O21. The van der Waals surface area contributed by atoms with Crippen LogP contribution in [-0.2, 0) is 41.6 Å². The van der Waals surface area contributed by atoms with E-state index in [9.17, 15) is 64.5 Å². The van der Waals surface area contributed by atoms with E-state index in [4.69, 9.17) is 37.9 Å². The van der Waals surface area contributed by atoms with Gasteiger partial charge in [0.1, 0.15) is 17.3 Å². The lowest BCUT2D eigenvalue weighted by molar-refractivity contribution is -0.127. The molecule has 0 aromatic heterocycles. The summed E-state index contributed by atoms with van der Waals surface area (Å²) in [5.41, 5.74) is 16.6. The van der Waals surface area contributed by atoms with Crippen molar-refractivity contribution in [3.05, 3.63) is 226 Å². The SMILES string of the molecule is COc1cc(/C=C/C(=O)CC(=O)/C=C/c2cc(C)c(O)c(OC)c2)cc(C)c1O.COc1cc(/C=C2\CC/C(=C\c3cc(C)c(O)c(OC)c3)C2=O)cc(C)c1C.COc1cc(/C=C2\CCC/C(=C\c3cc(C)c(O)c(OC)c3)C2=O)cc(C)c1O.COc1cc(CCC(=O)CC(=O)CCc2cc(C)c(O)c(OC)c2)cc(C)c1O. The minimum Gasteiger partial charge on any atom is -0.504 e. The molecule has 21 heteroatoms. The summed E-state index contributed by atoms with van der Waals surface area (Å²) in [7, 11) is 12.0. The number of phenols is 7. The second kappa shape index (κ2) is 41.7. The van der Waals surface area contributed by atoms with Crippen LogP contribution < -0.4 is 37.9 Å². The number of ether oxygens (including phenoxy) is 8. The molecule has 21 nitrogen and oxygen atoms in total. The number of benzene rings is 8. The van der Waals surface area contributed by atoms with Crippen molar-refractivity contribution < 1.29 is 102 Å². The molecule has 0 saturated heterocycles. The average Bonchev–Trinajstić information content (AvgIpc) is 0.836. The van der Waals surface area contributed by atoms with Gasteiger partial charge < -0.3 is 73.6 Å². The first-order valence-electron chi connectivity index (χ1n) is 37.3. The van der Waals surface area contributed by atoms with E-state index in [1.807, 2.05) is 81.5 Å². The molecule has 2 saturated carbocycles. The van der Waals surface area contributed by atoms with Gasteiger partial charge in [0.05, 0.1) is 69.7 Å². The smallest absolute Gasteiger partial charge is 0.185 e. The van der Waals surface area contributed by atoms with Gasteiger partial charge in [0.15, 0.2) is 104 Å². The Hall–Kier alpha value is -12.8. The van der Waals surface area contributed by atoms with E-state index < -0.39 is 0 Å². The lowest BCUT2D eigenvalue weighted by Gasteiger charge is -2.17. The fourth-order valence-corrected chi connectivity index (χ4v) is 13.1. The van der Waals surface area contributed by atoms with E-state index in [0.717, 1.165) is 84.5 Å². The summed E-state index contributed by atoms with van der Waals surface area (Å²) < 4.78 is 41.5. The number of carbonyl (C=O) groups excluding carboxylic acids is 6. The van der Waals surface area contributed by atoms with Gasteiger partial charge in [-0.3, -0.25) is 28.8 Å². The van der Waals surface area contributed by atoms with Crippen LogP contribution in [0.5, 0.6) is 86.2 Å². The van der Waals surface area contributed by atoms with E-state index in [1.165, 1.54) is 61.9 Å². The number of hydrogen-bond donors (Lipinski definition) is 7. The molecule has 8 aromatic rings. The number of aromatic hydroxyl groups is 7. The largest absolute Gasteiger partial charge is 0.504 e. The van der Waals surface area contributed by atoms with Gasteiger partial charge in [0.2, 0.25) is 0 Å². The van der Waals surface area contributed by atoms with Crippen molar-refractivity contribution in [2.45, 2.75) is 133 Å². The summed E-state index contributed by atoms with van der Waals surface area (Å²) in [6, 6.07) is 28.5. The highest BCUT2D eigenvalue weighted by Gasteiger charge is 2.26. The molecule has 0 bridgehead atoms. The zero-order chi connectivity index (χ0) is 84.7. The van der Waals surface area contributed by atoms with Crippen LogP contribution in [0.1, 0.15) is 152 Å². The maximum atomic E-state index is 13.0. The molecule has 0 aliphatic heterocycles. The van der Waals surface area contributed by atoms with E-state index in [-0.39, 0.29) is 101 Å². The quantitative estimate of drug-likeness (QED) is 0.0196. The van der Waals surface area contributed by atoms with Crippen LogP contribution in [0.4, 0.5) is 0 Å². The van der Waals surface area contributed by atoms with Gasteiger partial charge in [-0.1, -0.05) is 30.4 Å². The van der Waals surface area contributed by atoms with Gasteiger partial charge in [-0.15, -0.1) is 0 Å². The number of allylic oxidation sites excluding steroid dienone is 6. The molecule has 0 radical (unpaired) electrons. The fourth-order valence-electron chi connectivity index (χ4n) is 13.1. The maximum Gasteiger partial charge on any atom is 0.185 e. The van der Waals surface area contributed by atoms with Crippen molar-refractivity contribution in [2.75, 3.05) is 56.9 Å². The van der Waals surface area contributed by atoms with Gasteiger partial charge >= 0.3 is 0 Å². The number of ketones is 6. The van der Waals surface area contributed by atoms with E-state index >= 15 is 0 Å². The summed E-state index contributed by atoms with van der Waals surface area (Å²) >= 11 is 0. The summed E-state index contributed by atoms with van der Waals surface area (Å²) in [6.07, 6.45) is 18.2. The first-order chi connectivity index (χ1) is 54.7. The minimum atomic E-state index is -0.344. The van der Waals surface area contributed by atoms with Crippen molar-refractivity contribution in [1.29, 1.82) is 0 Å². The second-order valence-corrected chi connectivity index (χ2v) is 28.3. The van der Waals surface area contributed by atoms with Crippen molar-refractivity contribution in [2.24, 2.45) is 0 Å². The van der Waals surface area contributed by atoms with Gasteiger partial charge in [0, 0.05) is 35.1 Å². The van der Waals surface area contributed by atoms with Crippen LogP contribution in [0.25, 0.3) is 36.5 Å². The van der Waals surface area contributed by atoms with E-state index in [0.29, 0.717) is 123 Å². The zero-order valence-electron chi connectivity index (χ0n) is 68.5. The molecule has 115 heavy (non-hydrogen) atoms. The highest BCUT2D eigenvalue weighted by Crippen LogP contribution is 2.40. The van der Waals surface area contributed by atoms with Crippen LogP contribution in [0.3, 0.4) is 0 Å². The summed E-state index contributed by atoms with van der Waals surface area (Å²) in [6.45, 7) is 16.5. The van der Waals surface area contributed by atoms with Crippen LogP contribution in [-0.4, -0.2) is 127 Å². The number of rotatable bonds is 26. The van der Waals surface area contributed by atoms with Gasteiger partial charge in [-0.25, -0.2) is 0 Å². The van der Waals surface area contributed by atoms with Crippen LogP contribution in [0.2, 0.25) is 0 Å². The Bertz CT molecular complexity index is 4860. The zero-order valence-corrected chi connectivity index (χ0v) is 68.5. The Labute approximate surface area is 672 Å². The average molecular weight is 1570 g/mol. The summed E-state index contributed by atoms with van der Waals surface area (Å²) in [5, 5.41) is 69.5. The van der Waals surface area contributed by atoms with Gasteiger partial charge in [0.25, 0.3) is 0 Å². The molecular weight excluding hydrogens is 1470 g/mol. The molecule has 2 aliphatic carbocycles. The number of Topliss-reactive ketones (excluding diaryl/α,β-unsaturated/α-hetero) is 4. The predicted octanol–water partition coefficient (Wildman–Crippen LogP) is 17.9. The first kappa shape index (κ1) is 89.4. The third kappa shape index (κ3) is 24.4. The molecule has 0 unspecified atom stereocenters. The third-order valence-electron chi connectivity index (χ3n) is 19.6. The molecule has 2 aliphatic rings. The normalized spacial score (nSPS) is 13.9. The molecule has 0 atom stereocenters. The van der Waals surface area contributed by atoms with Crippen LogP contribution >= 0.6 is 0 Å². The molecule has 8 aromatic carbocycles. The molecule has 606 valence electrons. The minimum absolute atomic E-state index is 0.0191. The molecule has 2 fully saturated rings. The van der Waals surface area contributed by atoms with Crippen LogP contribution in [0.15, 0.2) is 132 Å². The van der Waals surface area contributed by atoms with E-state index in [2.05, 4.69) is 6.07 Å². The standard InChI is InChI=1S/C24H26O5.C24H26O4.C23H28O6.C23H24O6/c1-14-8-16(12-20(28-3)22(14)25)10-18-6-5-7-19(24(18)27)11-17-9-15(2)23(26)21(13-17)29-4;1-14-8-17(12-21(27-4)16(14)3)10-19-6-7-20(24(19)26)11-18-9-15(2)23(25)22(13-18)28-5;2*1-14-9-16(11-20(28-3)22(14)26)5-7-18(24)13-19(25)8-6-17-10-15(2)23(27)21(12-17)29-4/h8-13,25-26H,5-7H2,1-4H3;8-13,25H,6-7H2,1-5H3;9-12,26-27H,5-8,13H2,1-4H3;5-12,26-27H,13H2,1-4H3/b18-10+,19-11+;19-10+,20-11+;;7-5+,8-6+. The van der Waals surface area contributed by atoms with Gasteiger partial charge in [-0.05, 0) is 317 Å². The summed E-state index contributed by atoms with van der Waals surface area (Å²) in [4.78, 5) is 74.4. The first-order valence-corrected chi connectivity index (χ1v) is 37.3. The Balaban J connectivity index is 0.000000212. The van der Waals surface area contributed by atoms with Crippen molar-refractivity contribution in [1.82, 2.24) is 0 Å². The molecule has 10 rings (SSSR count). The van der Waals surface area contributed by atoms with Crippen molar-refractivity contribution >= 4 is 71.2 Å². The monoisotopic (exact) mass is 1570 g/mol. The highest BCUT2D eigenvalue weighted by molar-refractivity contribution is 6.16. The lowest BCUT2D eigenvalue weighted by Crippen LogP contribution is -2.12. The number of methoxy groups -OCH3 is 8.